The summed E-state index contributed by atoms with van der Waals surface area (Å²) < 4.78 is 0.812. The van der Waals surface area contributed by atoms with Crippen LogP contribution in [0.2, 0.25) is 0 Å². The molecule has 3 aromatic rings. The van der Waals surface area contributed by atoms with E-state index in [2.05, 4.69) is 20.9 Å². The van der Waals surface area contributed by atoms with Crippen molar-refractivity contribution in [2.45, 2.75) is 26.8 Å². The van der Waals surface area contributed by atoms with E-state index in [1.807, 2.05) is 57.2 Å². The van der Waals surface area contributed by atoms with Crippen LogP contribution < -0.4 is 4.90 Å². The summed E-state index contributed by atoms with van der Waals surface area (Å²) in [6, 6.07) is 13.8. The fourth-order valence-electron chi connectivity index (χ4n) is 3.45. The molecule has 5 nitrogen and oxygen atoms in total. The Bertz CT molecular complexity index is 1180. The van der Waals surface area contributed by atoms with Crippen molar-refractivity contribution in [3.05, 3.63) is 85.8 Å². The summed E-state index contributed by atoms with van der Waals surface area (Å²) in [7, 11) is 0. The standard InChI is InChI=1S/C23H19BrN2O3S/c1-12-7-9-15(10-8-12)20(27)18-19(16-5-4-6-17(24)11-16)26(22(29)21(18)28)23-25-13(2)14(3)30-23/h4-11,19,27H,1-3H3/t19-/m1/s1. The number of rotatable bonds is 3. The summed E-state index contributed by atoms with van der Waals surface area (Å²) in [5, 5.41) is 11.5. The van der Waals surface area contributed by atoms with Crippen LogP contribution in [0.3, 0.4) is 0 Å². The molecule has 0 unspecified atom stereocenters. The highest BCUT2D eigenvalue weighted by atomic mass is 79.9. The Morgan fingerprint density at radius 1 is 1.10 bits per heavy atom. The van der Waals surface area contributed by atoms with Gasteiger partial charge >= 0.3 is 5.91 Å². The number of aliphatic hydroxyl groups is 1. The molecule has 2 aromatic carbocycles. The fraction of sp³-hybridized carbons (Fsp3) is 0.174. The Balaban J connectivity index is 1.96. The van der Waals surface area contributed by atoms with Crippen molar-refractivity contribution < 1.29 is 14.7 Å². The summed E-state index contributed by atoms with van der Waals surface area (Å²) in [5.41, 5.74) is 3.10. The van der Waals surface area contributed by atoms with Gasteiger partial charge in [-0.05, 0) is 38.5 Å². The molecule has 30 heavy (non-hydrogen) atoms. The predicted molar refractivity (Wildman–Crippen MR) is 122 cm³/mol. The summed E-state index contributed by atoms with van der Waals surface area (Å²) in [5.74, 6) is -1.60. The minimum atomic E-state index is -0.770. The van der Waals surface area contributed by atoms with Gasteiger partial charge in [0.2, 0.25) is 0 Å². The number of ketones is 1. The van der Waals surface area contributed by atoms with E-state index in [0.29, 0.717) is 16.3 Å². The minimum absolute atomic E-state index is 0.0625. The second-order valence-electron chi connectivity index (χ2n) is 7.23. The molecule has 0 aliphatic carbocycles. The Morgan fingerprint density at radius 3 is 2.40 bits per heavy atom. The maximum absolute atomic E-state index is 13.1. The number of thiazole rings is 1. The Labute approximate surface area is 186 Å². The molecule has 0 radical (unpaired) electrons. The number of anilines is 1. The van der Waals surface area contributed by atoms with Crippen LogP contribution in [0.25, 0.3) is 5.76 Å². The molecule has 1 saturated heterocycles. The lowest BCUT2D eigenvalue weighted by atomic mass is 9.95. The van der Waals surface area contributed by atoms with Gasteiger partial charge in [0.1, 0.15) is 5.76 Å². The molecule has 1 aromatic heterocycles. The van der Waals surface area contributed by atoms with Crippen LogP contribution in [-0.4, -0.2) is 21.8 Å². The molecule has 1 aliphatic heterocycles. The average molecular weight is 483 g/mol. The van der Waals surface area contributed by atoms with Crippen LogP contribution in [0.15, 0.2) is 58.6 Å². The van der Waals surface area contributed by atoms with Gasteiger partial charge in [-0.15, -0.1) is 11.3 Å². The Kier molecular flexibility index (Phi) is 5.34. The number of carbonyl (C=O) groups excluding carboxylic acids is 2. The molecule has 0 spiro atoms. The van der Waals surface area contributed by atoms with Gasteiger partial charge in [-0.2, -0.15) is 0 Å². The molecule has 2 heterocycles. The quantitative estimate of drug-likeness (QED) is 0.305. The van der Waals surface area contributed by atoms with Gasteiger partial charge in [0, 0.05) is 14.9 Å². The van der Waals surface area contributed by atoms with E-state index in [1.54, 1.807) is 12.1 Å². The largest absolute Gasteiger partial charge is 0.507 e. The van der Waals surface area contributed by atoms with E-state index in [9.17, 15) is 14.7 Å². The molecule has 152 valence electrons. The van der Waals surface area contributed by atoms with Gasteiger partial charge in [-0.3, -0.25) is 14.5 Å². The van der Waals surface area contributed by atoms with E-state index in [-0.39, 0.29) is 11.3 Å². The summed E-state index contributed by atoms with van der Waals surface area (Å²) in [6.07, 6.45) is 0. The van der Waals surface area contributed by atoms with Gasteiger partial charge in [0.15, 0.2) is 5.13 Å². The number of nitrogens with zero attached hydrogens (tertiary/aromatic N) is 2. The number of benzene rings is 2. The first kappa shape index (κ1) is 20.5. The molecule has 0 bridgehead atoms. The first-order chi connectivity index (χ1) is 14.3. The van der Waals surface area contributed by atoms with Gasteiger partial charge in [-0.25, -0.2) is 4.98 Å². The maximum atomic E-state index is 13.1. The zero-order valence-electron chi connectivity index (χ0n) is 16.6. The van der Waals surface area contributed by atoms with Crippen LogP contribution >= 0.6 is 27.3 Å². The van der Waals surface area contributed by atoms with Gasteiger partial charge < -0.3 is 5.11 Å². The van der Waals surface area contributed by atoms with Crippen molar-refractivity contribution in [2.75, 3.05) is 4.90 Å². The molecule has 1 amide bonds. The van der Waals surface area contributed by atoms with E-state index in [0.717, 1.165) is 20.6 Å². The highest BCUT2D eigenvalue weighted by Gasteiger charge is 2.48. The maximum Gasteiger partial charge on any atom is 0.301 e. The molecule has 1 fully saturated rings. The topological polar surface area (TPSA) is 70.5 Å². The first-order valence-electron chi connectivity index (χ1n) is 9.35. The lowest BCUT2D eigenvalue weighted by Crippen LogP contribution is -2.29. The van der Waals surface area contributed by atoms with Crippen molar-refractivity contribution >= 4 is 49.8 Å². The number of amides is 1. The number of aryl methyl sites for hydroxylation is 3. The van der Waals surface area contributed by atoms with Crippen LogP contribution in [0.4, 0.5) is 5.13 Å². The van der Waals surface area contributed by atoms with E-state index < -0.39 is 17.7 Å². The third-order valence-corrected chi connectivity index (χ3v) is 6.72. The number of halogens is 1. The highest BCUT2D eigenvalue weighted by molar-refractivity contribution is 9.10. The number of hydrogen-bond acceptors (Lipinski definition) is 5. The van der Waals surface area contributed by atoms with Gasteiger partial charge in [0.25, 0.3) is 5.78 Å². The lowest BCUT2D eigenvalue weighted by molar-refractivity contribution is -0.132. The molecular weight excluding hydrogens is 464 g/mol. The first-order valence-corrected chi connectivity index (χ1v) is 11.0. The predicted octanol–water partition coefficient (Wildman–Crippen LogP) is 5.46. The van der Waals surface area contributed by atoms with Crippen LogP contribution in [-0.2, 0) is 9.59 Å². The van der Waals surface area contributed by atoms with Crippen molar-refractivity contribution in [1.82, 2.24) is 4.98 Å². The van der Waals surface area contributed by atoms with E-state index in [4.69, 9.17) is 0 Å². The third kappa shape index (κ3) is 3.48. The minimum Gasteiger partial charge on any atom is -0.507 e. The smallest absolute Gasteiger partial charge is 0.301 e. The van der Waals surface area contributed by atoms with Gasteiger partial charge in [0.05, 0.1) is 17.3 Å². The van der Waals surface area contributed by atoms with Crippen molar-refractivity contribution in [3.8, 4) is 0 Å². The number of aliphatic hydroxyl groups excluding tert-OH is 1. The molecule has 1 atom stereocenters. The zero-order valence-corrected chi connectivity index (χ0v) is 19.0. The Hall–Kier alpha value is -2.77. The fourth-order valence-corrected chi connectivity index (χ4v) is 4.80. The highest BCUT2D eigenvalue weighted by Crippen LogP contribution is 2.44. The van der Waals surface area contributed by atoms with E-state index in [1.165, 1.54) is 16.2 Å². The van der Waals surface area contributed by atoms with Crippen molar-refractivity contribution in [2.24, 2.45) is 0 Å². The molecule has 1 N–H and O–H groups in total. The second kappa shape index (κ2) is 7.81. The Morgan fingerprint density at radius 2 is 1.80 bits per heavy atom. The van der Waals surface area contributed by atoms with Crippen LogP contribution in [0, 0.1) is 20.8 Å². The average Bonchev–Trinajstić information content (AvgIpc) is 3.18. The van der Waals surface area contributed by atoms with Crippen molar-refractivity contribution in [1.29, 1.82) is 0 Å². The third-order valence-electron chi connectivity index (χ3n) is 5.16. The van der Waals surface area contributed by atoms with Gasteiger partial charge in [-0.1, -0.05) is 57.9 Å². The molecule has 4 rings (SSSR count). The number of Topliss-reactive ketones (excluding diaryl/α,β-unsaturated/α-hetero) is 1. The summed E-state index contributed by atoms with van der Waals surface area (Å²) >= 11 is 4.82. The molecule has 0 saturated carbocycles. The van der Waals surface area contributed by atoms with Crippen LogP contribution in [0.5, 0.6) is 0 Å². The SMILES string of the molecule is Cc1ccc(C(O)=C2C(=O)C(=O)N(c3nc(C)c(C)s3)[C@@H]2c2cccc(Br)c2)cc1. The normalized spacial score (nSPS) is 18.3. The summed E-state index contributed by atoms with van der Waals surface area (Å²) in [4.78, 5) is 33.0. The lowest BCUT2D eigenvalue weighted by Gasteiger charge is -2.23. The van der Waals surface area contributed by atoms with Crippen molar-refractivity contribution in [3.63, 3.8) is 0 Å². The summed E-state index contributed by atoms with van der Waals surface area (Å²) in [6.45, 7) is 5.73. The van der Waals surface area contributed by atoms with Crippen LogP contribution in [0.1, 0.15) is 33.3 Å². The van der Waals surface area contributed by atoms with E-state index >= 15 is 0 Å². The number of carbonyl (C=O) groups is 2. The molecular formula is C23H19BrN2O3S. The zero-order chi connectivity index (χ0) is 21.6. The monoisotopic (exact) mass is 482 g/mol. The molecule has 7 heteroatoms. The number of aromatic nitrogens is 1. The second-order valence-corrected chi connectivity index (χ2v) is 9.33. The molecule has 1 aliphatic rings. The number of hydrogen-bond donors (Lipinski definition) is 1.